The normalized spacial score (nSPS) is 14.9. The van der Waals surface area contributed by atoms with Crippen LogP contribution in [0.4, 0.5) is 0 Å². The first kappa shape index (κ1) is 18.4. The molecule has 0 aliphatic rings. The summed E-state index contributed by atoms with van der Waals surface area (Å²) in [5.74, 6) is 0. The van der Waals surface area contributed by atoms with Crippen LogP contribution in [-0.4, -0.2) is 56.1 Å². The smallest absolute Gasteiger partial charge is 0.106 e. The molecule has 0 heterocycles. The van der Waals surface area contributed by atoms with Gasteiger partial charge in [-0.15, -0.1) is 0 Å². The first-order valence-electron chi connectivity index (χ1n) is 7.33. The summed E-state index contributed by atoms with van der Waals surface area (Å²) in [5.41, 5.74) is 0. The van der Waals surface area contributed by atoms with Crippen LogP contribution in [0.5, 0.6) is 0 Å². The maximum Gasteiger partial charge on any atom is 0.106 e. The fourth-order valence-electron chi connectivity index (χ4n) is 2.76. The van der Waals surface area contributed by atoms with Crippen molar-refractivity contribution in [2.45, 2.75) is 39.9 Å². The molecule has 0 aromatic carbocycles. The molecule has 0 amide bonds. The van der Waals surface area contributed by atoms with Gasteiger partial charge in [-0.25, -0.2) is 0 Å². The minimum atomic E-state index is 0.235. The third-order valence-corrected chi connectivity index (χ3v) is 3.22. The maximum atomic E-state index is 5.71. The molecule has 0 bridgehead atoms. The van der Waals surface area contributed by atoms with Gasteiger partial charge in [-0.2, -0.15) is 0 Å². The second kappa shape index (κ2) is 10.2. The van der Waals surface area contributed by atoms with Crippen molar-refractivity contribution in [3.8, 4) is 0 Å². The van der Waals surface area contributed by atoms with Gasteiger partial charge in [0, 0.05) is 13.2 Å². The number of rotatable bonds is 12. The zero-order chi connectivity index (χ0) is 14.7. The van der Waals surface area contributed by atoms with Crippen LogP contribution in [0, 0.1) is 0 Å². The Labute approximate surface area is 119 Å². The van der Waals surface area contributed by atoms with Gasteiger partial charge in [-0.3, -0.25) is 0 Å². The van der Waals surface area contributed by atoms with Crippen molar-refractivity contribution < 1.29 is 14.0 Å². The van der Waals surface area contributed by atoms with E-state index in [-0.39, 0.29) is 12.2 Å². The highest BCUT2D eigenvalue weighted by atomic mass is 16.5. The molecule has 0 radical (unpaired) electrons. The monoisotopic (exact) mass is 270 g/mol. The third-order valence-electron chi connectivity index (χ3n) is 3.22. The number of nitrogens with zero attached hydrogens (tertiary/aromatic N) is 1. The van der Waals surface area contributed by atoms with Crippen molar-refractivity contribution in [1.82, 2.24) is 0 Å². The Morgan fingerprint density at radius 3 is 1.53 bits per heavy atom. The highest BCUT2D eigenvalue weighted by molar-refractivity contribution is 4.74. The van der Waals surface area contributed by atoms with Crippen LogP contribution in [0.2, 0.25) is 0 Å². The lowest BCUT2D eigenvalue weighted by molar-refractivity contribution is -0.922. The molecule has 0 fully saturated rings. The topological polar surface area (TPSA) is 18.5 Å². The largest absolute Gasteiger partial charge is 0.373 e. The molecule has 0 aromatic heterocycles. The van der Waals surface area contributed by atoms with Crippen LogP contribution in [0.3, 0.4) is 0 Å². The van der Waals surface area contributed by atoms with Gasteiger partial charge in [0.25, 0.3) is 0 Å². The second-order valence-corrected chi connectivity index (χ2v) is 5.18. The molecular weight excluding hydrogens is 238 g/mol. The van der Waals surface area contributed by atoms with E-state index in [2.05, 4.69) is 27.0 Å². The van der Waals surface area contributed by atoms with E-state index in [9.17, 15) is 0 Å². The molecular formula is C16H32NO2+. The van der Waals surface area contributed by atoms with Crippen LogP contribution in [0.25, 0.3) is 0 Å². The summed E-state index contributed by atoms with van der Waals surface area (Å²) in [6.07, 6.45) is 4.44. The van der Waals surface area contributed by atoms with Crippen LogP contribution in [0.15, 0.2) is 25.3 Å². The SMILES string of the molecule is C=CC[N+](CC=C)(CC(C)OCC)CC(C)OCC. The predicted octanol–water partition coefficient (Wildman–Crippen LogP) is 3.03. The van der Waals surface area contributed by atoms with Crippen LogP contribution >= 0.6 is 0 Å². The Balaban J connectivity index is 4.82. The average molecular weight is 270 g/mol. The Morgan fingerprint density at radius 2 is 1.26 bits per heavy atom. The first-order chi connectivity index (χ1) is 9.03. The van der Waals surface area contributed by atoms with Crippen molar-refractivity contribution in [1.29, 1.82) is 0 Å². The van der Waals surface area contributed by atoms with Gasteiger partial charge in [-0.1, -0.05) is 13.2 Å². The summed E-state index contributed by atoms with van der Waals surface area (Å²) in [7, 11) is 0. The summed E-state index contributed by atoms with van der Waals surface area (Å²) < 4.78 is 12.3. The molecule has 0 rings (SSSR count). The van der Waals surface area contributed by atoms with Crippen LogP contribution in [0.1, 0.15) is 27.7 Å². The minimum absolute atomic E-state index is 0.235. The molecule has 0 saturated heterocycles. The molecule has 0 spiro atoms. The number of hydrogen-bond acceptors (Lipinski definition) is 2. The Morgan fingerprint density at radius 1 is 0.895 bits per heavy atom. The molecule has 3 nitrogen and oxygen atoms in total. The van der Waals surface area contributed by atoms with E-state index in [4.69, 9.17) is 9.47 Å². The summed E-state index contributed by atoms with van der Waals surface area (Å²) in [6.45, 7) is 21.4. The van der Waals surface area contributed by atoms with E-state index in [1.807, 2.05) is 26.0 Å². The lowest BCUT2D eigenvalue weighted by atomic mass is 10.2. The van der Waals surface area contributed by atoms with Crippen molar-refractivity contribution in [2.24, 2.45) is 0 Å². The van der Waals surface area contributed by atoms with Crippen molar-refractivity contribution in [3.05, 3.63) is 25.3 Å². The van der Waals surface area contributed by atoms with Crippen molar-refractivity contribution in [3.63, 3.8) is 0 Å². The standard InChI is InChI=1S/C16H32NO2/c1-7-11-17(12-8-2,13-15(5)18-9-3)14-16(6)19-10-4/h7-8,15-16H,1-2,9-14H2,3-6H3/q+1. The fourth-order valence-corrected chi connectivity index (χ4v) is 2.76. The summed E-state index contributed by atoms with van der Waals surface area (Å²) in [5, 5.41) is 0. The number of ether oxygens (including phenoxy) is 2. The van der Waals surface area contributed by atoms with Crippen molar-refractivity contribution >= 4 is 0 Å². The van der Waals surface area contributed by atoms with E-state index >= 15 is 0 Å². The zero-order valence-electron chi connectivity index (χ0n) is 13.2. The first-order valence-corrected chi connectivity index (χ1v) is 7.33. The van der Waals surface area contributed by atoms with E-state index in [0.29, 0.717) is 0 Å². The van der Waals surface area contributed by atoms with Gasteiger partial charge in [0.2, 0.25) is 0 Å². The van der Waals surface area contributed by atoms with Crippen LogP contribution < -0.4 is 0 Å². The summed E-state index contributed by atoms with van der Waals surface area (Å²) in [4.78, 5) is 0. The zero-order valence-corrected chi connectivity index (χ0v) is 13.2. The van der Waals surface area contributed by atoms with E-state index in [0.717, 1.165) is 43.9 Å². The Hall–Kier alpha value is -0.640. The fraction of sp³-hybridized carbons (Fsp3) is 0.750. The molecule has 3 heteroatoms. The third kappa shape index (κ3) is 7.51. The maximum absolute atomic E-state index is 5.71. The van der Waals surface area contributed by atoms with Gasteiger partial charge < -0.3 is 14.0 Å². The highest BCUT2D eigenvalue weighted by Gasteiger charge is 2.29. The summed E-state index contributed by atoms with van der Waals surface area (Å²) >= 11 is 0. The van der Waals surface area contributed by atoms with E-state index < -0.39 is 0 Å². The van der Waals surface area contributed by atoms with Gasteiger partial charge in [0.1, 0.15) is 25.3 Å². The van der Waals surface area contributed by atoms with Gasteiger partial charge in [-0.05, 0) is 39.8 Å². The molecule has 112 valence electrons. The molecule has 0 aliphatic carbocycles. The number of hydrogen-bond donors (Lipinski definition) is 0. The van der Waals surface area contributed by atoms with Crippen molar-refractivity contribution in [2.75, 3.05) is 39.4 Å². The molecule has 0 N–H and O–H groups in total. The molecule has 19 heavy (non-hydrogen) atoms. The molecule has 0 aliphatic heterocycles. The quantitative estimate of drug-likeness (QED) is 0.401. The van der Waals surface area contributed by atoms with E-state index in [1.165, 1.54) is 0 Å². The number of quaternary nitrogens is 1. The second-order valence-electron chi connectivity index (χ2n) is 5.18. The predicted molar refractivity (Wildman–Crippen MR) is 82.3 cm³/mol. The molecule has 2 atom stereocenters. The lowest BCUT2D eigenvalue weighted by Crippen LogP contribution is -2.55. The Kier molecular flexibility index (Phi) is 9.84. The van der Waals surface area contributed by atoms with E-state index in [1.54, 1.807) is 0 Å². The molecule has 2 unspecified atom stereocenters. The molecule has 0 saturated carbocycles. The van der Waals surface area contributed by atoms with Crippen LogP contribution in [-0.2, 0) is 9.47 Å². The molecule has 0 aromatic rings. The average Bonchev–Trinajstić information content (AvgIpc) is 2.29. The minimum Gasteiger partial charge on any atom is -0.373 e. The lowest BCUT2D eigenvalue weighted by Gasteiger charge is -2.40. The van der Waals surface area contributed by atoms with Gasteiger partial charge >= 0.3 is 0 Å². The van der Waals surface area contributed by atoms with Gasteiger partial charge in [0.15, 0.2) is 0 Å². The highest BCUT2D eigenvalue weighted by Crippen LogP contribution is 2.14. The summed E-state index contributed by atoms with van der Waals surface area (Å²) in [6, 6.07) is 0. The van der Waals surface area contributed by atoms with Gasteiger partial charge in [0.05, 0.1) is 13.1 Å². The Bertz CT molecular complexity index is 227.